The van der Waals surface area contributed by atoms with Crippen LogP contribution in [0.3, 0.4) is 0 Å². The number of guanidine groups is 1. The molecule has 92 valence electrons. The molecule has 0 atom stereocenters. The lowest BCUT2D eigenvalue weighted by Crippen LogP contribution is -2.22. The van der Waals surface area contributed by atoms with Crippen molar-refractivity contribution >= 4 is 11.7 Å². The molecule has 0 saturated heterocycles. The molecule has 0 heterocycles. The highest BCUT2D eigenvalue weighted by Gasteiger charge is 1.72. The predicted molar refractivity (Wildman–Crippen MR) is 66.9 cm³/mol. The Balaban J connectivity index is -0.000000147. The fourth-order valence-electron chi connectivity index (χ4n) is 0.183. The number of rotatable bonds is 2. The van der Waals surface area contributed by atoms with Gasteiger partial charge in [0, 0.05) is 6.54 Å². The summed E-state index contributed by atoms with van der Waals surface area (Å²) in [5.74, 6) is 0.331. The quantitative estimate of drug-likeness (QED) is 0.520. The predicted octanol–water partition coefficient (Wildman–Crippen LogP) is 0.443. The maximum absolute atomic E-state index is 9.44. The summed E-state index contributed by atoms with van der Waals surface area (Å²) in [5.41, 5.74) is 9.86. The molecule has 0 radical (unpaired) electrons. The minimum atomic E-state index is 0.164. The van der Waals surface area contributed by atoms with E-state index in [4.69, 9.17) is 11.5 Å². The van der Waals surface area contributed by atoms with Crippen LogP contribution in [0, 0.1) is 0 Å². The van der Waals surface area contributed by atoms with Crippen LogP contribution < -0.4 is 11.5 Å². The van der Waals surface area contributed by atoms with Crippen molar-refractivity contribution in [2.75, 3.05) is 27.2 Å². The Hall–Kier alpha value is -1.10. The second-order valence-electron chi connectivity index (χ2n) is 3.20. The largest absolute Gasteiger partial charge is 0.370 e. The number of nitrogens with two attached hydrogens (primary N) is 2. The van der Waals surface area contributed by atoms with Gasteiger partial charge in [-0.2, -0.15) is 0 Å². The van der Waals surface area contributed by atoms with E-state index in [-0.39, 0.29) is 11.7 Å². The van der Waals surface area contributed by atoms with Gasteiger partial charge in [-0.25, -0.2) is 0 Å². The molecule has 4 N–H and O–H groups in total. The zero-order chi connectivity index (χ0) is 12.9. The first-order valence-corrected chi connectivity index (χ1v) is 4.95. The molecule has 0 aliphatic carbocycles. The van der Waals surface area contributed by atoms with E-state index in [9.17, 15) is 4.79 Å². The third kappa shape index (κ3) is 101. The molecule has 0 rings (SSSR count). The highest BCUT2D eigenvalue weighted by atomic mass is 16.1. The van der Waals surface area contributed by atoms with Gasteiger partial charge < -0.3 is 21.2 Å². The summed E-state index contributed by atoms with van der Waals surface area (Å²) in [7, 11) is 4.11. The van der Waals surface area contributed by atoms with Gasteiger partial charge in [0.2, 0.25) is 0 Å². The van der Waals surface area contributed by atoms with Crippen molar-refractivity contribution in [3.8, 4) is 0 Å². The van der Waals surface area contributed by atoms with Crippen LogP contribution in [0.25, 0.3) is 0 Å². The molecule has 15 heavy (non-hydrogen) atoms. The van der Waals surface area contributed by atoms with Gasteiger partial charge in [0.15, 0.2) is 5.96 Å². The highest BCUT2D eigenvalue weighted by molar-refractivity contribution is 5.75. The molecule has 0 aromatic heterocycles. The van der Waals surface area contributed by atoms with Gasteiger partial charge >= 0.3 is 0 Å². The van der Waals surface area contributed by atoms with Crippen LogP contribution in [0.5, 0.6) is 0 Å². The number of Topliss-reactive ketones (excluding diaryl/α,β-unsaturated/α-hetero) is 1. The summed E-state index contributed by atoms with van der Waals surface area (Å²) < 4.78 is 0. The van der Waals surface area contributed by atoms with E-state index in [1.807, 2.05) is 6.92 Å². The SMILES string of the molecule is CC(C)=O.CCN(C)C.CCN=C(N)N. The second kappa shape index (κ2) is 15.4. The van der Waals surface area contributed by atoms with E-state index >= 15 is 0 Å². The van der Waals surface area contributed by atoms with E-state index in [1.165, 1.54) is 13.8 Å². The lowest BCUT2D eigenvalue weighted by Gasteiger charge is -2.00. The summed E-state index contributed by atoms with van der Waals surface area (Å²) in [5, 5.41) is 0. The monoisotopic (exact) mass is 218 g/mol. The third-order valence-electron chi connectivity index (χ3n) is 0.973. The van der Waals surface area contributed by atoms with E-state index < -0.39 is 0 Å². The molecule has 5 nitrogen and oxygen atoms in total. The van der Waals surface area contributed by atoms with Crippen molar-refractivity contribution in [3.05, 3.63) is 0 Å². The Bertz CT molecular complexity index is 159. The summed E-state index contributed by atoms with van der Waals surface area (Å²) >= 11 is 0. The van der Waals surface area contributed by atoms with Crippen LogP contribution in [-0.4, -0.2) is 43.8 Å². The van der Waals surface area contributed by atoms with Gasteiger partial charge in [0.25, 0.3) is 0 Å². The van der Waals surface area contributed by atoms with Crippen molar-refractivity contribution in [1.82, 2.24) is 4.90 Å². The minimum Gasteiger partial charge on any atom is -0.370 e. The molecular weight excluding hydrogens is 192 g/mol. The maximum Gasteiger partial charge on any atom is 0.185 e. The van der Waals surface area contributed by atoms with Crippen molar-refractivity contribution in [2.45, 2.75) is 27.7 Å². The van der Waals surface area contributed by atoms with Crippen LogP contribution >= 0.6 is 0 Å². The number of carbonyl (C=O) groups is 1. The summed E-state index contributed by atoms with van der Waals surface area (Å²) in [6.45, 7) is 8.86. The third-order valence-corrected chi connectivity index (χ3v) is 0.973. The van der Waals surface area contributed by atoms with Gasteiger partial charge in [-0.3, -0.25) is 4.99 Å². The summed E-state index contributed by atoms with van der Waals surface area (Å²) in [4.78, 5) is 15.2. The molecule has 0 aliphatic heterocycles. The molecule has 0 saturated carbocycles. The number of hydrogen-bond acceptors (Lipinski definition) is 3. The lowest BCUT2D eigenvalue weighted by molar-refractivity contribution is -0.114. The molecule has 0 spiro atoms. The fourth-order valence-corrected chi connectivity index (χ4v) is 0.183. The van der Waals surface area contributed by atoms with Crippen LogP contribution in [0.1, 0.15) is 27.7 Å². The molecule has 0 fully saturated rings. The first-order chi connectivity index (χ1) is 6.77. The van der Waals surface area contributed by atoms with Crippen LogP contribution in [0.15, 0.2) is 4.99 Å². The van der Waals surface area contributed by atoms with Crippen molar-refractivity contribution in [2.24, 2.45) is 16.5 Å². The van der Waals surface area contributed by atoms with Gasteiger partial charge in [-0.15, -0.1) is 0 Å². The van der Waals surface area contributed by atoms with Gasteiger partial charge in [0.1, 0.15) is 5.78 Å². The van der Waals surface area contributed by atoms with Crippen molar-refractivity contribution in [1.29, 1.82) is 0 Å². The van der Waals surface area contributed by atoms with Crippen molar-refractivity contribution < 1.29 is 4.79 Å². The standard InChI is InChI=1S/C4H11N.C3H9N3.C3H6O/c1-4-5(2)3;1-2-6-3(4)5;1-3(2)4/h4H2,1-3H3;2H2,1H3,(H4,4,5,6);1-2H3. The normalized spacial score (nSPS) is 7.93. The molecule has 0 unspecified atom stereocenters. The number of aliphatic imine (C=N–C) groups is 1. The van der Waals surface area contributed by atoms with E-state index in [1.54, 1.807) is 0 Å². The Kier molecular flexibility index (Phi) is 20.0. The summed E-state index contributed by atoms with van der Waals surface area (Å²) in [6.07, 6.45) is 0. The smallest absolute Gasteiger partial charge is 0.185 e. The Morgan fingerprint density at radius 3 is 1.47 bits per heavy atom. The molecule has 0 aromatic carbocycles. The van der Waals surface area contributed by atoms with E-state index in [0.717, 1.165) is 6.54 Å². The van der Waals surface area contributed by atoms with Gasteiger partial charge in [-0.05, 0) is 41.4 Å². The number of hydrogen-bond donors (Lipinski definition) is 2. The zero-order valence-corrected chi connectivity index (χ0v) is 10.9. The first kappa shape index (κ1) is 19.5. The fraction of sp³-hybridized carbons (Fsp3) is 0.800. The first-order valence-electron chi connectivity index (χ1n) is 4.95. The topological polar surface area (TPSA) is 84.7 Å². The Labute approximate surface area is 93.5 Å². The molecule has 0 bridgehead atoms. The molecular formula is C10H26N4O. The number of carbonyl (C=O) groups excluding carboxylic acids is 1. The van der Waals surface area contributed by atoms with Gasteiger partial charge in [-0.1, -0.05) is 6.92 Å². The minimum absolute atomic E-state index is 0.164. The lowest BCUT2D eigenvalue weighted by atomic mass is 10.6. The second-order valence-corrected chi connectivity index (χ2v) is 3.20. The number of ketones is 1. The van der Waals surface area contributed by atoms with Crippen molar-refractivity contribution in [3.63, 3.8) is 0 Å². The van der Waals surface area contributed by atoms with Crippen LogP contribution in [0.4, 0.5) is 0 Å². The van der Waals surface area contributed by atoms with Crippen LogP contribution in [0.2, 0.25) is 0 Å². The molecule has 5 heteroatoms. The Morgan fingerprint density at radius 2 is 1.47 bits per heavy atom. The maximum atomic E-state index is 9.44. The molecule has 0 amide bonds. The highest BCUT2D eigenvalue weighted by Crippen LogP contribution is 1.63. The number of nitrogens with zero attached hydrogens (tertiary/aromatic N) is 2. The molecule has 0 aromatic rings. The Morgan fingerprint density at radius 1 is 1.20 bits per heavy atom. The average molecular weight is 218 g/mol. The van der Waals surface area contributed by atoms with Gasteiger partial charge in [0.05, 0.1) is 0 Å². The molecule has 0 aliphatic rings. The van der Waals surface area contributed by atoms with Crippen LogP contribution in [-0.2, 0) is 4.79 Å². The summed E-state index contributed by atoms with van der Waals surface area (Å²) in [6, 6.07) is 0. The van der Waals surface area contributed by atoms with E-state index in [0.29, 0.717) is 6.54 Å². The average Bonchev–Trinajstić information content (AvgIpc) is 2.03. The zero-order valence-electron chi connectivity index (χ0n) is 10.9. The van der Waals surface area contributed by atoms with E-state index in [2.05, 4.69) is 30.9 Å².